The van der Waals surface area contributed by atoms with Gasteiger partial charge >= 0.3 is 0 Å². The van der Waals surface area contributed by atoms with Gasteiger partial charge in [0, 0.05) is 24.0 Å². The number of carbonyl (C=O) groups excluding carboxylic acids is 1. The largest absolute Gasteiger partial charge is 0.330 e. The Hall–Kier alpha value is -3.88. The fourth-order valence-electron chi connectivity index (χ4n) is 3.63. The molecule has 1 aliphatic heterocycles. The van der Waals surface area contributed by atoms with Gasteiger partial charge in [0.25, 0.3) is 5.91 Å². The number of nitrogens with one attached hydrogen (secondary N) is 1. The van der Waals surface area contributed by atoms with Crippen molar-refractivity contribution in [2.24, 2.45) is 0 Å². The van der Waals surface area contributed by atoms with Crippen LogP contribution in [-0.4, -0.2) is 30.2 Å². The van der Waals surface area contributed by atoms with Gasteiger partial charge in [0.2, 0.25) is 0 Å². The lowest BCUT2D eigenvalue weighted by atomic mass is 10.0. The van der Waals surface area contributed by atoms with Crippen LogP contribution in [0.15, 0.2) is 55.2 Å². The lowest BCUT2D eigenvalue weighted by molar-refractivity contribution is 0.102. The first kappa shape index (κ1) is 18.2. The van der Waals surface area contributed by atoms with Crippen LogP contribution in [0.1, 0.15) is 22.5 Å². The van der Waals surface area contributed by atoms with Crippen molar-refractivity contribution >= 4 is 11.6 Å². The van der Waals surface area contributed by atoms with Crippen molar-refractivity contribution in [1.29, 1.82) is 0 Å². The molecule has 0 spiro atoms. The van der Waals surface area contributed by atoms with Crippen LogP contribution in [0.25, 0.3) is 17.1 Å². The molecule has 0 saturated carbocycles. The lowest BCUT2D eigenvalue weighted by Crippen LogP contribution is -2.14. The molecule has 0 fully saturated rings. The van der Waals surface area contributed by atoms with Crippen molar-refractivity contribution < 1.29 is 13.6 Å². The first-order chi connectivity index (χ1) is 14.6. The number of carbonyl (C=O) groups is 1. The Morgan fingerprint density at radius 1 is 1.07 bits per heavy atom. The van der Waals surface area contributed by atoms with Crippen molar-refractivity contribution in [2.45, 2.75) is 19.4 Å². The van der Waals surface area contributed by atoms with Gasteiger partial charge in [0.05, 0.1) is 0 Å². The minimum absolute atomic E-state index is 0.0928. The van der Waals surface area contributed by atoms with E-state index in [9.17, 15) is 13.6 Å². The number of aryl methyl sites for hydroxylation is 2. The number of imidazole rings is 1. The average molecular weight is 406 g/mol. The summed E-state index contributed by atoms with van der Waals surface area (Å²) < 4.78 is 31.5. The number of anilines is 1. The number of aromatic nitrogens is 5. The van der Waals surface area contributed by atoms with Gasteiger partial charge in [-0.25, -0.2) is 13.8 Å². The summed E-state index contributed by atoms with van der Waals surface area (Å²) in [5.41, 5.74) is 2.49. The zero-order chi connectivity index (χ0) is 20.7. The van der Waals surface area contributed by atoms with Crippen LogP contribution >= 0.6 is 0 Å². The topological polar surface area (TPSA) is 77.6 Å². The van der Waals surface area contributed by atoms with E-state index >= 15 is 0 Å². The number of hydrogen-bond donors (Lipinski definition) is 1. The molecule has 3 heterocycles. The first-order valence-electron chi connectivity index (χ1n) is 9.41. The number of rotatable bonds is 3. The Morgan fingerprint density at radius 2 is 1.83 bits per heavy atom. The number of para-hydroxylation sites is 1. The molecule has 150 valence electrons. The molecule has 0 unspecified atom stereocenters. The molecule has 1 aliphatic rings. The number of benzene rings is 2. The summed E-state index contributed by atoms with van der Waals surface area (Å²) in [5.74, 6) is -1.71. The van der Waals surface area contributed by atoms with E-state index in [1.165, 1.54) is 6.07 Å². The van der Waals surface area contributed by atoms with Crippen LogP contribution in [0.3, 0.4) is 0 Å². The molecule has 1 N–H and O–H groups in total. The molecule has 2 aromatic carbocycles. The number of nitrogens with zero attached hydrogens (tertiary/aromatic N) is 5. The predicted molar refractivity (Wildman–Crippen MR) is 105 cm³/mol. The van der Waals surface area contributed by atoms with Crippen LogP contribution in [0.2, 0.25) is 0 Å². The maximum Gasteiger partial charge on any atom is 0.276 e. The fraction of sp³-hybridized carbons (Fsp3) is 0.143. The van der Waals surface area contributed by atoms with Gasteiger partial charge in [-0.3, -0.25) is 9.36 Å². The van der Waals surface area contributed by atoms with Gasteiger partial charge in [-0.05, 0) is 42.7 Å². The Bertz CT molecular complexity index is 1230. The summed E-state index contributed by atoms with van der Waals surface area (Å²) in [6, 6.07) is 9.40. The summed E-state index contributed by atoms with van der Waals surface area (Å²) in [6.07, 6.45) is 6.58. The third-order valence-electron chi connectivity index (χ3n) is 5.11. The second-order valence-electron chi connectivity index (χ2n) is 7.01. The van der Waals surface area contributed by atoms with Gasteiger partial charge in [-0.15, -0.1) is 10.2 Å². The highest BCUT2D eigenvalue weighted by molar-refractivity contribution is 6.03. The Labute approximate surface area is 170 Å². The Kier molecular flexibility index (Phi) is 4.35. The molecular formula is C21H16F2N6O. The van der Waals surface area contributed by atoms with Gasteiger partial charge < -0.3 is 9.88 Å². The Morgan fingerprint density at radius 3 is 2.60 bits per heavy atom. The van der Waals surface area contributed by atoms with E-state index < -0.39 is 23.2 Å². The number of fused-ring (bicyclic) bond motifs is 3. The predicted octanol–water partition coefficient (Wildman–Crippen LogP) is 3.61. The molecule has 5 rings (SSSR count). The minimum Gasteiger partial charge on any atom is -0.330 e. The Balaban J connectivity index is 1.53. The molecule has 4 aromatic rings. The van der Waals surface area contributed by atoms with E-state index in [1.807, 2.05) is 22.8 Å². The zero-order valence-corrected chi connectivity index (χ0v) is 15.7. The van der Waals surface area contributed by atoms with E-state index in [2.05, 4.69) is 20.5 Å². The smallest absolute Gasteiger partial charge is 0.276 e. The lowest BCUT2D eigenvalue weighted by Gasteiger charge is -2.09. The minimum atomic E-state index is -0.840. The van der Waals surface area contributed by atoms with Crippen molar-refractivity contribution in [3.05, 3.63) is 78.1 Å². The molecular weight excluding hydrogens is 390 g/mol. The highest BCUT2D eigenvalue weighted by Gasteiger charge is 2.22. The standard InChI is InChI=1S/C21H16F2N6O/c22-16-4-1-5-17(23)19(16)27-21(30)18-10-28-8-2-3-13-6-7-14(29-11-24-25-12-29)9-15(13)20(28)26-18/h1,4-7,9-12H,2-3,8H2,(H,27,30). The maximum atomic E-state index is 13.9. The highest BCUT2D eigenvalue weighted by Crippen LogP contribution is 2.30. The van der Waals surface area contributed by atoms with E-state index in [-0.39, 0.29) is 5.69 Å². The summed E-state index contributed by atoms with van der Waals surface area (Å²) >= 11 is 0. The third kappa shape index (κ3) is 3.14. The summed E-state index contributed by atoms with van der Waals surface area (Å²) in [4.78, 5) is 17.1. The van der Waals surface area contributed by atoms with Gasteiger partial charge in [0.15, 0.2) is 0 Å². The second-order valence-corrected chi connectivity index (χ2v) is 7.01. The quantitative estimate of drug-likeness (QED) is 0.564. The van der Waals surface area contributed by atoms with E-state index in [0.717, 1.165) is 41.8 Å². The second kappa shape index (κ2) is 7.18. The number of amides is 1. The highest BCUT2D eigenvalue weighted by atomic mass is 19.1. The van der Waals surface area contributed by atoms with Crippen LogP contribution in [-0.2, 0) is 13.0 Å². The van der Waals surface area contributed by atoms with Crippen LogP contribution in [0, 0.1) is 11.6 Å². The average Bonchev–Trinajstić information content (AvgIpc) is 3.39. The molecule has 0 aliphatic carbocycles. The first-order valence-corrected chi connectivity index (χ1v) is 9.41. The molecule has 0 bridgehead atoms. The molecule has 2 aromatic heterocycles. The van der Waals surface area contributed by atoms with Gasteiger partial charge in [-0.1, -0.05) is 12.1 Å². The number of hydrogen-bond acceptors (Lipinski definition) is 4. The summed E-state index contributed by atoms with van der Waals surface area (Å²) in [6.45, 7) is 0.681. The third-order valence-corrected chi connectivity index (χ3v) is 5.11. The molecule has 0 atom stereocenters. The molecule has 0 radical (unpaired) electrons. The summed E-state index contributed by atoms with van der Waals surface area (Å²) in [7, 11) is 0. The maximum absolute atomic E-state index is 13.9. The van der Waals surface area contributed by atoms with Gasteiger partial charge in [-0.2, -0.15) is 0 Å². The molecule has 0 saturated heterocycles. The molecule has 9 heteroatoms. The molecule has 30 heavy (non-hydrogen) atoms. The summed E-state index contributed by atoms with van der Waals surface area (Å²) in [5, 5.41) is 9.96. The van der Waals surface area contributed by atoms with E-state index in [4.69, 9.17) is 0 Å². The van der Waals surface area contributed by atoms with Gasteiger partial charge in [0.1, 0.15) is 41.5 Å². The number of halogens is 2. The SMILES string of the molecule is O=C(Nc1c(F)cccc1F)c1cn2c(n1)-c1cc(-n3cnnc3)ccc1CCC2. The van der Waals surface area contributed by atoms with E-state index in [1.54, 1.807) is 23.4 Å². The van der Waals surface area contributed by atoms with Crippen molar-refractivity contribution in [2.75, 3.05) is 5.32 Å². The zero-order valence-electron chi connectivity index (χ0n) is 15.7. The van der Waals surface area contributed by atoms with Crippen LogP contribution in [0.5, 0.6) is 0 Å². The normalized spacial score (nSPS) is 12.7. The van der Waals surface area contributed by atoms with E-state index in [0.29, 0.717) is 12.4 Å². The van der Waals surface area contributed by atoms with Crippen LogP contribution in [0.4, 0.5) is 14.5 Å². The van der Waals surface area contributed by atoms with Crippen molar-refractivity contribution in [1.82, 2.24) is 24.3 Å². The monoisotopic (exact) mass is 406 g/mol. The van der Waals surface area contributed by atoms with Crippen molar-refractivity contribution in [3.8, 4) is 17.1 Å². The van der Waals surface area contributed by atoms with Crippen molar-refractivity contribution in [3.63, 3.8) is 0 Å². The molecule has 1 amide bonds. The fourth-order valence-corrected chi connectivity index (χ4v) is 3.63. The molecule has 7 nitrogen and oxygen atoms in total. The van der Waals surface area contributed by atoms with Crippen LogP contribution < -0.4 is 5.32 Å².